The summed E-state index contributed by atoms with van der Waals surface area (Å²) in [7, 11) is 0. The van der Waals surface area contributed by atoms with Crippen molar-refractivity contribution in [2.24, 2.45) is 0 Å². The number of aromatic nitrogens is 1. The topological polar surface area (TPSA) is 46.0 Å². The lowest BCUT2D eigenvalue weighted by Crippen LogP contribution is -1.96. The summed E-state index contributed by atoms with van der Waals surface area (Å²) in [5.41, 5.74) is 0.443. The van der Waals surface area contributed by atoms with Gasteiger partial charge in [-0.15, -0.1) is 11.8 Å². The molecule has 1 heterocycles. The predicted molar refractivity (Wildman–Crippen MR) is 48.6 cm³/mol. The van der Waals surface area contributed by atoms with Gasteiger partial charge in [-0.05, 0) is 24.5 Å². The van der Waals surface area contributed by atoms with E-state index in [9.17, 15) is 4.79 Å². The average Bonchev–Trinajstić information content (AvgIpc) is 2.47. The third-order valence-corrected chi connectivity index (χ3v) is 2.41. The molecule has 0 fully saturated rings. The van der Waals surface area contributed by atoms with E-state index in [1.54, 1.807) is 17.8 Å². The number of aromatic amines is 1. The molecule has 1 N–H and O–H groups in total. The molecule has 1 aromatic heterocycles. The van der Waals surface area contributed by atoms with Gasteiger partial charge in [-0.2, -0.15) is 5.16 Å². The second kappa shape index (κ2) is 2.71. The summed E-state index contributed by atoms with van der Waals surface area (Å²) < 4.78 is 4.90. The van der Waals surface area contributed by atoms with Crippen LogP contribution in [0.15, 0.2) is 32.4 Å². The Morgan fingerprint density at radius 1 is 1.50 bits per heavy atom. The summed E-state index contributed by atoms with van der Waals surface area (Å²) in [5.74, 6) is 0. The van der Waals surface area contributed by atoms with Crippen LogP contribution in [0.5, 0.6) is 0 Å². The Kier molecular flexibility index (Phi) is 1.69. The van der Waals surface area contributed by atoms with Crippen molar-refractivity contribution in [2.75, 3.05) is 6.26 Å². The lowest BCUT2D eigenvalue weighted by molar-refractivity contribution is 0.449. The second-order valence-electron chi connectivity index (χ2n) is 2.40. The maximum Gasteiger partial charge on any atom is 0.287 e. The number of nitrogens with one attached hydrogen (secondary N) is 1. The SMILES string of the molecule is CSc1ccc2o[nH]c(=O)c2c1. The molecule has 2 aromatic rings. The molecule has 0 spiro atoms. The van der Waals surface area contributed by atoms with Gasteiger partial charge in [-0.1, -0.05) is 0 Å². The monoisotopic (exact) mass is 181 g/mol. The van der Waals surface area contributed by atoms with Crippen LogP contribution in [0.2, 0.25) is 0 Å². The molecule has 0 aliphatic rings. The van der Waals surface area contributed by atoms with E-state index in [1.165, 1.54) is 0 Å². The van der Waals surface area contributed by atoms with Crippen molar-refractivity contribution >= 4 is 22.7 Å². The first-order chi connectivity index (χ1) is 5.81. The minimum Gasteiger partial charge on any atom is -0.378 e. The first kappa shape index (κ1) is 7.49. The Morgan fingerprint density at radius 3 is 3.08 bits per heavy atom. The third-order valence-electron chi connectivity index (χ3n) is 1.69. The molecule has 0 aliphatic carbocycles. The minimum absolute atomic E-state index is 0.166. The zero-order valence-corrected chi connectivity index (χ0v) is 7.27. The normalized spacial score (nSPS) is 10.8. The number of rotatable bonds is 1. The molecule has 0 saturated heterocycles. The van der Waals surface area contributed by atoms with Crippen molar-refractivity contribution in [3.63, 3.8) is 0 Å². The summed E-state index contributed by atoms with van der Waals surface area (Å²) in [4.78, 5) is 12.2. The highest BCUT2D eigenvalue weighted by Gasteiger charge is 2.02. The zero-order valence-electron chi connectivity index (χ0n) is 6.46. The van der Waals surface area contributed by atoms with E-state index >= 15 is 0 Å². The van der Waals surface area contributed by atoms with Crippen molar-refractivity contribution in [1.82, 2.24) is 5.16 Å². The van der Waals surface area contributed by atoms with E-state index in [-0.39, 0.29) is 5.56 Å². The fourth-order valence-electron chi connectivity index (χ4n) is 1.06. The lowest BCUT2D eigenvalue weighted by atomic mass is 10.3. The van der Waals surface area contributed by atoms with Gasteiger partial charge in [0, 0.05) is 4.90 Å². The van der Waals surface area contributed by atoms with E-state index in [0.29, 0.717) is 11.0 Å². The molecule has 0 atom stereocenters. The van der Waals surface area contributed by atoms with Crippen LogP contribution in [0.1, 0.15) is 0 Å². The van der Waals surface area contributed by atoms with Gasteiger partial charge in [-0.25, -0.2) is 0 Å². The zero-order chi connectivity index (χ0) is 8.55. The molecule has 3 nitrogen and oxygen atoms in total. The van der Waals surface area contributed by atoms with Crippen LogP contribution in [0, 0.1) is 0 Å². The van der Waals surface area contributed by atoms with Crippen LogP contribution >= 0.6 is 11.8 Å². The molecular formula is C8H7NO2S. The molecule has 4 heteroatoms. The maximum absolute atomic E-state index is 11.1. The molecule has 0 bridgehead atoms. The largest absolute Gasteiger partial charge is 0.378 e. The molecule has 1 aromatic carbocycles. The Bertz CT molecular complexity index is 457. The van der Waals surface area contributed by atoms with Gasteiger partial charge in [0.05, 0.1) is 5.39 Å². The standard InChI is InChI=1S/C8H7NO2S/c1-12-5-2-3-7-6(4-5)8(10)9-11-7/h2-4H,1H3,(H,9,10). The van der Waals surface area contributed by atoms with E-state index in [0.717, 1.165) is 4.90 Å². The number of benzene rings is 1. The smallest absolute Gasteiger partial charge is 0.287 e. The Labute approximate surface area is 72.7 Å². The van der Waals surface area contributed by atoms with Gasteiger partial charge in [-0.3, -0.25) is 4.79 Å². The summed E-state index contributed by atoms with van der Waals surface area (Å²) >= 11 is 1.60. The van der Waals surface area contributed by atoms with E-state index in [2.05, 4.69) is 5.16 Å². The predicted octanol–water partition coefficient (Wildman–Crippen LogP) is 1.84. The van der Waals surface area contributed by atoms with Gasteiger partial charge < -0.3 is 4.52 Å². The minimum atomic E-state index is -0.166. The van der Waals surface area contributed by atoms with Gasteiger partial charge in [0.25, 0.3) is 5.56 Å². The van der Waals surface area contributed by atoms with E-state index < -0.39 is 0 Å². The first-order valence-electron chi connectivity index (χ1n) is 3.46. The average molecular weight is 181 g/mol. The number of hydrogen-bond acceptors (Lipinski definition) is 3. The van der Waals surface area contributed by atoms with Gasteiger partial charge in [0.2, 0.25) is 0 Å². The van der Waals surface area contributed by atoms with E-state index in [4.69, 9.17) is 4.52 Å². The van der Waals surface area contributed by atoms with Crippen LogP contribution in [-0.4, -0.2) is 11.4 Å². The molecule has 12 heavy (non-hydrogen) atoms. The highest BCUT2D eigenvalue weighted by molar-refractivity contribution is 7.98. The molecule has 0 amide bonds. The molecule has 0 unspecified atom stereocenters. The van der Waals surface area contributed by atoms with Crippen LogP contribution in [0.3, 0.4) is 0 Å². The van der Waals surface area contributed by atoms with Gasteiger partial charge in [0.15, 0.2) is 5.58 Å². The van der Waals surface area contributed by atoms with Crippen LogP contribution in [-0.2, 0) is 0 Å². The maximum atomic E-state index is 11.1. The first-order valence-corrected chi connectivity index (χ1v) is 4.69. The molecule has 2 rings (SSSR count). The fourth-order valence-corrected chi connectivity index (χ4v) is 1.50. The highest BCUT2D eigenvalue weighted by Crippen LogP contribution is 2.18. The van der Waals surface area contributed by atoms with E-state index in [1.807, 2.05) is 18.4 Å². The summed E-state index contributed by atoms with van der Waals surface area (Å²) in [6, 6.07) is 5.53. The Morgan fingerprint density at radius 2 is 2.33 bits per heavy atom. The van der Waals surface area contributed by atoms with Crippen molar-refractivity contribution in [3.8, 4) is 0 Å². The van der Waals surface area contributed by atoms with Crippen LogP contribution < -0.4 is 5.56 Å². The Balaban J connectivity index is 2.80. The number of thioether (sulfide) groups is 1. The van der Waals surface area contributed by atoms with Gasteiger partial charge >= 0.3 is 0 Å². The number of fused-ring (bicyclic) bond motifs is 1. The summed E-state index contributed by atoms with van der Waals surface area (Å²) in [6.07, 6.45) is 1.97. The number of H-pyrrole nitrogens is 1. The Hall–Kier alpha value is -1.16. The lowest BCUT2D eigenvalue weighted by Gasteiger charge is -1.91. The quantitative estimate of drug-likeness (QED) is 0.683. The van der Waals surface area contributed by atoms with Crippen molar-refractivity contribution in [3.05, 3.63) is 28.6 Å². The summed E-state index contributed by atoms with van der Waals surface area (Å²) in [6.45, 7) is 0. The fraction of sp³-hybridized carbons (Fsp3) is 0.125. The molecule has 0 aliphatic heterocycles. The van der Waals surface area contributed by atoms with Gasteiger partial charge in [0.1, 0.15) is 0 Å². The van der Waals surface area contributed by atoms with Crippen molar-refractivity contribution in [2.45, 2.75) is 4.90 Å². The second-order valence-corrected chi connectivity index (χ2v) is 3.27. The molecule has 0 saturated carbocycles. The molecule has 62 valence electrons. The van der Waals surface area contributed by atoms with Crippen molar-refractivity contribution < 1.29 is 4.52 Å². The van der Waals surface area contributed by atoms with Crippen LogP contribution in [0.4, 0.5) is 0 Å². The molecule has 0 radical (unpaired) electrons. The van der Waals surface area contributed by atoms with Crippen LogP contribution in [0.25, 0.3) is 11.0 Å². The third kappa shape index (κ3) is 1.04. The van der Waals surface area contributed by atoms with Crippen molar-refractivity contribution in [1.29, 1.82) is 0 Å². The highest BCUT2D eigenvalue weighted by atomic mass is 32.2. The molecular weight excluding hydrogens is 174 g/mol. The summed E-state index contributed by atoms with van der Waals surface area (Å²) in [5, 5.41) is 2.90. The number of hydrogen-bond donors (Lipinski definition) is 1.